The fourth-order valence-corrected chi connectivity index (χ4v) is 4.58. The van der Waals surface area contributed by atoms with E-state index in [4.69, 9.17) is 0 Å². The summed E-state index contributed by atoms with van der Waals surface area (Å²) in [4.78, 5) is 20.0. The molecule has 2 aliphatic heterocycles. The summed E-state index contributed by atoms with van der Waals surface area (Å²) in [6.07, 6.45) is 7.77. The van der Waals surface area contributed by atoms with Gasteiger partial charge in [0.1, 0.15) is 0 Å². The molecule has 0 bridgehead atoms. The van der Waals surface area contributed by atoms with Crippen molar-refractivity contribution in [3.63, 3.8) is 0 Å². The van der Waals surface area contributed by atoms with Gasteiger partial charge in [-0.05, 0) is 56.5 Å². The molecule has 150 valence electrons. The van der Waals surface area contributed by atoms with Gasteiger partial charge in [0.05, 0.1) is 0 Å². The summed E-state index contributed by atoms with van der Waals surface area (Å²) in [6.45, 7) is 11.7. The third kappa shape index (κ3) is 5.55. The Labute approximate surface area is 165 Å². The summed E-state index contributed by atoms with van der Waals surface area (Å²) < 4.78 is 0. The number of carbonyl (C=O) groups excluding carboxylic acids is 1. The van der Waals surface area contributed by atoms with Gasteiger partial charge in [-0.2, -0.15) is 0 Å². The number of carbonyl (C=O) groups is 1. The maximum absolute atomic E-state index is 12.9. The molecule has 3 rings (SSSR count). The van der Waals surface area contributed by atoms with Crippen molar-refractivity contribution in [1.82, 2.24) is 14.7 Å². The van der Waals surface area contributed by atoms with Gasteiger partial charge in [0, 0.05) is 44.3 Å². The number of amides is 1. The Morgan fingerprint density at radius 3 is 2.00 bits per heavy atom. The van der Waals surface area contributed by atoms with Crippen LogP contribution in [0.15, 0.2) is 24.3 Å². The maximum Gasteiger partial charge on any atom is 0.253 e. The Kier molecular flexibility index (Phi) is 7.71. The number of hydrogen-bond donors (Lipinski definition) is 0. The predicted octanol–water partition coefficient (Wildman–Crippen LogP) is 4.01. The van der Waals surface area contributed by atoms with Crippen LogP contribution in [0.4, 0.5) is 0 Å². The van der Waals surface area contributed by atoms with Gasteiger partial charge in [0.2, 0.25) is 0 Å². The number of hydrogen-bond acceptors (Lipinski definition) is 3. The molecule has 0 radical (unpaired) electrons. The quantitative estimate of drug-likeness (QED) is 0.756. The molecule has 27 heavy (non-hydrogen) atoms. The van der Waals surface area contributed by atoms with Gasteiger partial charge in [0.25, 0.3) is 5.91 Å². The molecule has 1 aromatic carbocycles. The van der Waals surface area contributed by atoms with Gasteiger partial charge >= 0.3 is 0 Å². The fourth-order valence-electron chi connectivity index (χ4n) is 4.58. The van der Waals surface area contributed by atoms with Crippen LogP contribution in [0, 0.1) is 0 Å². The van der Waals surface area contributed by atoms with E-state index in [1.807, 2.05) is 17.0 Å². The molecule has 0 spiro atoms. The number of benzene rings is 1. The fraction of sp³-hybridized carbons (Fsp3) is 0.696. The highest BCUT2D eigenvalue weighted by Gasteiger charge is 2.25. The Balaban J connectivity index is 1.52. The van der Waals surface area contributed by atoms with Crippen molar-refractivity contribution in [1.29, 1.82) is 0 Å². The van der Waals surface area contributed by atoms with Crippen LogP contribution in [0.2, 0.25) is 0 Å². The number of piperazine rings is 1. The molecule has 0 aromatic heterocycles. The largest absolute Gasteiger partial charge is 0.336 e. The highest BCUT2D eigenvalue weighted by atomic mass is 16.2. The molecule has 4 heteroatoms. The molecular weight excluding hydrogens is 334 g/mol. The minimum atomic E-state index is 0.195. The highest BCUT2D eigenvalue weighted by molar-refractivity contribution is 5.94. The van der Waals surface area contributed by atoms with Crippen LogP contribution in [0.5, 0.6) is 0 Å². The summed E-state index contributed by atoms with van der Waals surface area (Å²) in [7, 11) is 0. The predicted molar refractivity (Wildman–Crippen MR) is 112 cm³/mol. The zero-order valence-electron chi connectivity index (χ0n) is 17.3. The zero-order valence-corrected chi connectivity index (χ0v) is 17.3. The molecule has 1 amide bonds. The average molecular weight is 372 g/mol. The van der Waals surface area contributed by atoms with E-state index in [1.54, 1.807) is 0 Å². The van der Waals surface area contributed by atoms with Crippen molar-refractivity contribution in [3.8, 4) is 0 Å². The molecule has 0 saturated carbocycles. The third-order valence-electron chi connectivity index (χ3n) is 6.37. The van der Waals surface area contributed by atoms with Crippen LogP contribution < -0.4 is 0 Å². The summed E-state index contributed by atoms with van der Waals surface area (Å²) in [5, 5.41) is 0. The lowest BCUT2D eigenvalue weighted by Gasteiger charge is -2.38. The monoisotopic (exact) mass is 371 g/mol. The van der Waals surface area contributed by atoms with E-state index in [0.717, 1.165) is 38.3 Å². The van der Waals surface area contributed by atoms with Gasteiger partial charge in [-0.3, -0.25) is 14.6 Å². The Bertz CT molecular complexity index is 566. The molecule has 2 saturated heterocycles. The van der Waals surface area contributed by atoms with Crippen molar-refractivity contribution < 1.29 is 4.79 Å². The van der Waals surface area contributed by atoms with E-state index in [2.05, 4.69) is 35.8 Å². The first-order chi connectivity index (χ1) is 13.2. The standard InChI is InChI=1S/C23H37N3O/c1-3-22(4-2)25-15-17-26(18-16-25)23(27)21-11-9-20(10-12-21)19-24-13-7-5-6-8-14-24/h9-12,22H,3-8,13-19H2,1-2H3. The average Bonchev–Trinajstić information content (AvgIpc) is 2.98. The van der Waals surface area contributed by atoms with E-state index in [1.165, 1.54) is 57.2 Å². The Morgan fingerprint density at radius 2 is 1.44 bits per heavy atom. The van der Waals surface area contributed by atoms with E-state index >= 15 is 0 Å². The van der Waals surface area contributed by atoms with Crippen LogP contribution in [-0.4, -0.2) is 65.9 Å². The van der Waals surface area contributed by atoms with Gasteiger partial charge in [-0.15, -0.1) is 0 Å². The van der Waals surface area contributed by atoms with Crippen LogP contribution in [0.3, 0.4) is 0 Å². The van der Waals surface area contributed by atoms with Crippen molar-refractivity contribution in [3.05, 3.63) is 35.4 Å². The van der Waals surface area contributed by atoms with E-state index in [9.17, 15) is 4.79 Å². The number of likely N-dealkylation sites (tertiary alicyclic amines) is 1. The molecule has 2 heterocycles. The molecule has 0 N–H and O–H groups in total. The molecule has 2 fully saturated rings. The first kappa shape index (κ1) is 20.3. The lowest BCUT2D eigenvalue weighted by Crippen LogP contribution is -2.51. The van der Waals surface area contributed by atoms with E-state index in [-0.39, 0.29) is 5.91 Å². The molecule has 0 atom stereocenters. The van der Waals surface area contributed by atoms with Crippen LogP contribution >= 0.6 is 0 Å². The molecule has 1 aromatic rings. The topological polar surface area (TPSA) is 26.8 Å². The van der Waals surface area contributed by atoms with Gasteiger partial charge in [0.15, 0.2) is 0 Å². The van der Waals surface area contributed by atoms with E-state index < -0.39 is 0 Å². The van der Waals surface area contributed by atoms with Crippen molar-refractivity contribution in [2.24, 2.45) is 0 Å². The number of rotatable bonds is 6. The van der Waals surface area contributed by atoms with Crippen molar-refractivity contribution in [2.75, 3.05) is 39.3 Å². The minimum absolute atomic E-state index is 0.195. The summed E-state index contributed by atoms with van der Waals surface area (Å²) in [6, 6.07) is 9.03. The molecule has 2 aliphatic rings. The smallest absolute Gasteiger partial charge is 0.253 e. The van der Waals surface area contributed by atoms with Crippen LogP contribution in [-0.2, 0) is 6.54 Å². The second-order valence-electron chi connectivity index (χ2n) is 8.19. The number of nitrogens with zero attached hydrogens (tertiary/aromatic N) is 3. The van der Waals surface area contributed by atoms with Crippen molar-refractivity contribution >= 4 is 5.91 Å². The molecule has 0 aliphatic carbocycles. The Morgan fingerprint density at radius 1 is 0.852 bits per heavy atom. The maximum atomic E-state index is 12.9. The third-order valence-corrected chi connectivity index (χ3v) is 6.37. The van der Waals surface area contributed by atoms with Gasteiger partial charge in [-0.1, -0.05) is 38.8 Å². The van der Waals surface area contributed by atoms with Gasteiger partial charge in [-0.25, -0.2) is 0 Å². The molecule has 0 unspecified atom stereocenters. The summed E-state index contributed by atoms with van der Waals surface area (Å²) >= 11 is 0. The highest BCUT2D eigenvalue weighted by Crippen LogP contribution is 2.17. The zero-order chi connectivity index (χ0) is 19.1. The SMILES string of the molecule is CCC(CC)N1CCN(C(=O)c2ccc(CN3CCCCCC3)cc2)CC1. The summed E-state index contributed by atoms with van der Waals surface area (Å²) in [5.41, 5.74) is 2.16. The van der Waals surface area contributed by atoms with Gasteiger partial charge < -0.3 is 4.90 Å². The lowest BCUT2D eigenvalue weighted by molar-refractivity contribution is 0.0559. The second-order valence-corrected chi connectivity index (χ2v) is 8.19. The second kappa shape index (κ2) is 10.2. The van der Waals surface area contributed by atoms with Crippen LogP contribution in [0.1, 0.15) is 68.3 Å². The summed E-state index contributed by atoms with van der Waals surface area (Å²) in [5.74, 6) is 0.195. The first-order valence-electron chi connectivity index (χ1n) is 11.1. The van der Waals surface area contributed by atoms with Crippen LogP contribution in [0.25, 0.3) is 0 Å². The van der Waals surface area contributed by atoms with Crippen molar-refractivity contribution in [2.45, 2.75) is 65.0 Å². The minimum Gasteiger partial charge on any atom is -0.336 e. The molecule has 4 nitrogen and oxygen atoms in total. The lowest BCUT2D eigenvalue weighted by atomic mass is 10.1. The van der Waals surface area contributed by atoms with E-state index in [0.29, 0.717) is 6.04 Å². The Hall–Kier alpha value is -1.39. The first-order valence-corrected chi connectivity index (χ1v) is 11.1. The normalized spacial score (nSPS) is 20.0. The molecular formula is C23H37N3O.